The zero-order valence-electron chi connectivity index (χ0n) is 40.9. The SMILES string of the molecule is CC(C)c1cc(-c2ccc(-c3ccccc3)cc2)cc(C(C)C)c1-n1c(-c2[c-]ccc3c2oc2cc(-c4ccccc4)ccc23)nc2ccccc21.Oc1cccc2c1c1ncccc1n2-c1ccccc1.[Ir]. The van der Waals surface area contributed by atoms with Gasteiger partial charge in [0.2, 0.25) is 0 Å². The molecule has 13 rings (SSSR count). The molecule has 7 heteroatoms. The molecule has 0 amide bonds. The summed E-state index contributed by atoms with van der Waals surface area (Å²) in [6.07, 6.45) is 1.75. The van der Waals surface area contributed by atoms with E-state index in [9.17, 15) is 5.11 Å². The number of benzene rings is 9. The van der Waals surface area contributed by atoms with Crippen LogP contribution in [-0.2, 0) is 20.1 Å². The van der Waals surface area contributed by atoms with Gasteiger partial charge in [0.05, 0.1) is 38.9 Å². The van der Waals surface area contributed by atoms with Crippen molar-refractivity contribution in [2.45, 2.75) is 39.5 Å². The number of aromatic hydroxyl groups is 1. The Morgan fingerprint density at radius 2 is 1.08 bits per heavy atom. The van der Waals surface area contributed by atoms with Crippen molar-refractivity contribution in [3.63, 3.8) is 0 Å². The van der Waals surface area contributed by atoms with Crippen LogP contribution >= 0.6 is 0 Å². The van der Waals surface area contributed by atoms with Crippen molar-refractivity contribution >= 4 is 54.9 Å². The van der Waals surface area contributed by atoms with Gasteiger partial charge in [0.15, 0.2) is 0 Å². The Bertz CT molecular complexity index is 4070. The monoisotopic (exact) mass is 1120 g/mol. The van der Waals surface area contributed by atoms with Crippen LogP contribution in [0.3, 0.4) is 0 Å². The van der Waals surface area contributed by atoms with Gasteiger partial charge in [-0.2, -0.15) is 0 Å². The van der Waals surface area contributed by atoms with Crippen LogP contribution < -0.4 is 0 Å². The average molecular weight is 1120 g/mol. The van der Waals surface area contributed by atoms with E-state index in [4.69, 9.17) is 9.40 Å². The van der Waals surface area contributed by atoms with Gasteiger partial charge in [-0.1, -0.05) is 172 Å². The molecule has 0 atom stereocenters. The van der Waals surface area contributed by atoms with Gasteiger partial charge < -0.3 is 18.7 Å². The first-order valence-corrected chi connectivity index (χ1v) is 24.7. The summed E-state index contributed by atoms with van der Waals surface area (Å²) >= 11 is 0. The normalized spacial score (nSPS) is 11.5. The van der Waals surface area contributed by atoms with Gasteiger partial charge in [0.25, 0.3) is 0 Å². The van der Waals surface area contributed by atoms with Crippen molar-refractivity contribution in [1.29, 1.82) is 0 Å². The van der Waals surface area contributed by atoms with Crippen molar-refractivity contribution < 1.29 is 29.6 Å². The molecule has 0 spiro atoms. The van der Waals surface area contributed by atoms with E-state index in [2.05, 4.69) is 200 Å². The van der Waals surface area contributed by atoms with Gasteiger partial charge in [-0.15, -0.1) is 18.2 Å². The van der Waals surface area contributed by atoms with Crippen LogP contribution in [0.25, 0.3) is 111 Å². The fraction of sp³-hybridized carbons (Fsp3) is 0.0909. The molecule has 357 valence electrons. The van der Waals surface area contributed by atoms with Gasteiger partial charge in [0, 0.05) is 43.1 Å². The molecule has 4 heterocycles. The summed E-state index contributed by atoms with van der Waals surface area (Å²) in [7, 11) is 0. The topological polar surface area (TPSA) is 69.0 Å². The number of rotatable bonds is 8. The minimum absolute atomic E-state index is 0. The molecule has 1 radical (unpaired) electrons. The van der Waals surface area contributed by atoms with E-state index in [0.717, 1.165) is 83.1 Å². The van der Waals surface area contributed by atoms with E-state index in [1.807, 2.05) is 54.6 Å². The van der Waals surface area contributed by atoms with E-state index in [1.165, 1.54) is 39.1 Å². The molecule has 1 N–H and O–H groups in total. The quantitative estimate of drug-likeness (QED) is 0.154. The molecule has 0 aliphatic carbocycles. The predicted octanol–water partition coefficient (Wildman–Crippen LogP) is 17.5. The Hall–Kier alpha value is -8.35. The van der Waals surface area contributed by atoms with Gasteiger partial charge >= 0.3 is 0 Å². The Balaban J connectivity index is 0.000000228. The van der Waals surface area contributed by atoms with Crippen molar-refractivity contribution in [3.8, 4) is 61.9 Å². The Kier molecular flexibility index (Phi) is 12.7. The molecule has 0 saturated carbocycles. The molecular weight excluding hydrogens is 1070 g/mol. The minimum atomic E-state index is 0. The van der Waals surface area contributed by atoms with Crippen LogP contribution in [0.4, 0.5) is 0 Å². The minimum Gasteiger partial charge on any atom is -0.507 e. The predicted molar refractivity (Wildman–Crippen MR) is 297 cm³/mol. The number of para-hydroxylation sites is 3. The van der Waals surface area contributed by atoms with E-state index < -0.39 is 0 Å². The van der Waals surface area contributed by atoms with Crippen LogP contribution in [0.15, 0.2) is 223 Å². The summed E-state index contributed by atoms with van der Waals surface area (Å²) in [6.45, 7) is 9.17. The first kappa shape index (κ1) is 47.0. The maximum Gasteiger partial charge on any atom is 0.127 e. The number of imidazole rings is 1. The molecule has 0 bridgehead atoms. The number of nitrogens with zero attached hydrogens (tertiary/aromatic N) is 4. The van der Waals surface area contributed by atoms with Crippen molar-refractivity contribution in [2.24, 2.45) is 0 Å². The largest absolute Gasteiger partial charge is 0.507 e. The van der Waals surface area contributed by atoms with E-state index in [0.29, 0.717) is 0 Å². The summed E-state index contributed by atoms with van der Waals surface area (Å²) in [4.78, 5) is 9.77. The Labute approximate surface area is 438 Å². The second-order valence-electron chi connectivity index (χ2n) is 19.0. The Morgan fingerprint density at radius 3 is 1.77 bits per heavy atom. The summed E-state index contributed by atoms with van der Waals surface area (Å²) < 4.78 is 11.3. The number of hydrogen-bond acceptors (Lipinski definition) is 4. The number of aromatic nitrogens is 4. The standard InChI is InChI=1S/C49H39N2O.C17H12N2O.Ir/c1-31(2)42-28-38(36-24-22-35(23-25-36)33-14-7-5-8-15-33)29-43(32(3)4)47(42)51-45-21-12-11-20-44(45)50-49(51)41-19-13-18-40-39-27-26-37(30-46(39)52-48(40)41)34-16-9-6-10-17-34;20-15-10-4-8-13-16(15)17-14(9-5-11-18-17)19(13)12-6-2-1-3-7-12;/h5-18,20-32H,1-4H3;1-11,20H;/q-1;;. The molecule has 73 heavy (non-hydrogen) atoms. The number of phenols is 1. The van der Waals surface area contributed by atoms with Crippen LogP contribution in [0.1, 0.15) is 50.7 Å². The zero-order valence-corrected chi connectivity index (χ0v) is 43.3. The van der Waals surface area contributed by atoms with Gasteiger partial charge in [0.1, 0.15) is 16.8 Å². The van der Waals surface area contributed by atoms with Crippen LogP contribution in [0.2, 0.25) is 0 Å². The molecular formula is C66H51IrN4O2-. The smallest absolute Gasteiger partial charge is 0.127 e. The van der Waals surface area contributed by atoms with E-state index in [-0.39, 0.29) is 37.7 Å². The van der Waals surface area contributed by atoms with E-state index >= 15 is 0 Å². The Morgan fingerprint density at radius 1 is 0.507 bits per heavy atom. The third kappa shape index (κ3) is 8.51. The fourth-order valence-corrected chi connectivity index (χ4v) is 10.3. The maximum atomic E-state index is 10.2. The number of hydrogen-bond donors (Lipinski definition) is 1. The molecule has 0 unspecified atom stereocenters. The van der Waals surface area contributed by atoms with Gasteiger partial charge in [-0.25, -0.2) is 0 Å². The number of phenolic OH excluding ortho intramolecular Hbond substituents is 1. The van der Waals surface area contributed by atoms with Crippen molar-refractivity contribution in [3.05, 3.63) is 236 Å². The van der Waals surface area contributed by atoms with Crippen LogP contribution in [-0.4, -0.2) is 24.2 Å². The van der Waals surface area contributed by atoms with Crippen LogP contribution in [0, 0.1) is 6.07 Å². The maximum absolute atomic E-state index is 10.2. The number of furan rings is 1. The first-order valence-electron chi connectivity index (χ1n) is 24.7. The summed E-state index contributed by atoms with van der Waals surface area (Å²) in [5.41, 5.74) is 19.3. The zero-order chi connectivity index (χ0) is 48.9. The fourth-order valence-electron chi connectivity index (χ4n) is 10.3. The second-order valence-corrected chi connectivity index (χ2v) is 19.0. The summed E-state index contributed by atoms with van der Waals surface area (Å²) in [6, 6.07) is 77.0. The number of pyridine rings is 1. The average Bonchev–Trinajstić information content (AvgIpc) is 4.11. The molecule has 4 aromatic heterocycles. The van der Waals surface area contributed by atoms with Gasteiger partial charge in [-0.05, 0) is 123 Å². The van der Waals surface area contributed by atoms with Crippen molar-refractivity contribution in [2.75, 3.05) is 0 Å². The van der Waals surface area contributed by atoms with Gasteiger partial charge in [-0.3, -0.25) is 9.97 Å². The first-order chi connectivity index (χ1) is 35.3. The molecule has 0 fully saturated rings. The summed E-state index contributed by atoms with van der Waals surface area (Å²) in [5, 5.41) is 13.1. The third-order valence-corrected chi connectivity index (χ3v) is 13.8. The second kappa shape index (κ2) is 19.7. The molecule has 0 saturated heterocycles. The third-order valence-electron chi connectivity index (χ3n) is 13.8. The molecule has 0 aliphatic rings. The molecule has 13 aromatic rings. The summed E-state index contributed by atoms with van der Waals surface area (Å²) in [5.74, 6) is 1.61. The van der Waals surface area contributed by atoms with Crippen molar-refractivity contribution in [1.82, 2.24) is 19.1 Å². The number of fused-ring (bicyclic) bond motifs is 7. The van der Waals surface area contributed by atoms with Crippen LogP contribution in [0.5, 0.6) is 5.75 Å². The molecule has 9 aromatic carbocycles. The molecule has 0 aliphatic heterocycles. The molecule has 6 nitrogen and oxygen atoms in total. The van der Waals surface area contributed by atoms with E-state index in [1.54, 1.807) is 12.3 Å².